The lowest BCUT2D eigenvalue weighted by atomic mass is 10.2. The number of para-hydroxylation sites is 2. The van der Waals surface area contributed by atoms with Crippen molar-refractivity contribution in [3.8, 4) is 0 Å². The first kappa shape index (κ1) is 18.9. The van der Waals surface area contributed by atoms with Gasteiger partial charge in [0.1, 0.15) is 6.04 Å². The Balaban J connectivity index is 1.75. The van der Waals surface area contributed by atoms with Gasteiger partial charge in [-0.1, -0.05) is 42.8 Å². The van der Waals surface area contributed by atoms with Crippen LogP contribution in [0.3, 0.4) is 0 Å². The van der Waals surface area contributed by atoms with Crippen molar-refractivity contribution < 1.29 is 9.59 Å². The number of amides is 2. The van der Waals surface area contributed by atoms with Gasteiger partial charge in [-0.3, -0.25) is 14.9 Å². The summed E-state index contributed by atoms with van der Waals surface area (Å²) in [6.45, 7) is 4.42. The molecule has 27 heavy (non-hydrogen) atoms. The summed E-state index contributed by atoms with van der Waals surface area (Å²) in [5, 5.41) is 5.83. The van der Waals surface area contributed by atoms with Crippen LogP contribution in [-0.4, -0.2) is 27.4 Å². The molecule has 7 heteroatoms. The Hall–Kier alpha value is -2.86. The quantitative estimate of drug-likeness (QED) is 0.677. The van der Waals surface area contributed by atoms with Crippen LogP contribution in [0.1, 0.15) is 30.6 Å². The van der Waals surface area contributed by atoms with Crippen LogP contribution in [0.5, 0.6) is 0 Å². The third-order valence-corrected chi connectivity index (χ3v) is 4.53. The molecule has 1 aromatic heterocycles. The van der Waals surface area contributed by atoms with Crippen molar-refractivity contribution in [3.05, 3.63) is 59.1 Å². The minimum absolute atomic E-state index is 0.331. The number of rotatable bonds is 6. The molecule has 2 N–H and O–H groups in total. The maximum atomic E-state index is 12.6. The van der Waals surface area contributed by atoms with E-state index < -0.39 is 11.9 Å². The smallest absolute Gasteiger partial charge is 0.253 e. The number of imidazole rings is 1. The topological polar surface area (TPSA) is 76.0 Å². The van der Waals surface area contributed by atoms with Crippen LogP contribution in [-0.2, 0) is 11.3 Å². The molecule has 0 aliphatic heterocycles. The van der Waals surface area contributed by atoms with Crippen molar-refractivity contribution in [3.63, 3.8) is 0 Å². The first-order chi connectivity index (χ1) is 13.0. The average Bonchev–Trinajstić information content (AvgIpc) is 2.99. The first-order valence-electron chi connectivity index (χ1n) is 8.82. The molecule has 0 spiro atoms. The number of hydrogen-bond donors (Lipinski definition) is 2. The zero-order valence-electron chi connectivity index (χ0n) is 15.2. The van der Waals surface area contributed by atoms with Crippen molar-refractivity contribution in [2.75, 3.05) is 5.32 Å². The van der Waals surface area contributed by atoms with Crippen molar-refractivity contribution in [2.24, 2.45) is 0 Å². The van der Waals surface area contributed by atoms with Gasteiger partial charge in [-0.15, -0.1) is 0 Å². The Morgan fingerprint density at radius 2 is 1.85 bits per heavy atom. The monoisotopic (exact) mass is 384 g/mol. The number of hydrogen-bond acceptors (Lipinski definition) is 3. The van der Waals surface area contributed by atoms with Gasteiger partial charge in [0, 0.05) is 6.54 Å². The molecule has 0 saturated carbocycles. The number of nitrogens with one attached hydrogen (secondary N) is 2. The lowest BCUT2D eigenvalue weighted by molar-refractivity contribution is -0.117. The van der Waals surface area contributed by atoms with Crippen LogP contribution in [0.15, 0.2) is 48.5 Å². The van der Waals surface area contributed by atoms with Crippen LogP contribution in [0.2, 0.25) is 5.02 Å². The third kappa shape index (κ3) is 4.11. The largest absolute Gasteiger partial charge is 0.340 e. The van der Waals surface area contributed by atoms with E-state index in [9.17, 15) is 9.59 Å². The third-order valence-electron chi connectivity index (χ3n) is 4.20. The summed E-state index contributed by atoms with van der Waals surface area (Å²) in [5.41, 5.74) is 2.11. The molecule has 2 amide bonds. The van der Waals surface area contributed by atoms with E-state index >= 15 is 0 Å². The molecule has 2 aromatic carbocycles. The molecular weight excluding hydrogens is 364 g/mol. The van der Waals surface area contributed by atoms with Gasteiger partial charge in [-0.2, -0.15) is 0 Å². The van der Waals surface area contributed by atoms with Crippen molar-refractivity contribution in [1.29, 1.82) is 0 Å². The average molecular weight is 385 g/mol. The molecule has 0 unspecified atom stereocenters. The second-order valence-corrected chi connectivity index (χ2v) is 6.65. The first-order valence-corrected chi connectivity index (χ1v) is 9.20. The standard InChI is InChI=1S/C20H21ClN4O2/c1-3-12-25-17-11-7-6-10-16(17)23-20(25)24-18(26)13(2)22-19(27)14-8-4-5-9-15(14)21/h4-11,13H,3,12H2,1-2H3,(H,22,27)(H,23,24,26)/t13-/m1/s1. The van der Waals surface area contributed by atoms with Gasteiger partial charge in [-0.05, 0) is 37.6 Å². The van der Waals surface area contributed by atoms with Crippen molar-refractivity contribution >= 4 is 40.4 Å². The summed E-state index contributed by atoms with van der Waals surface area (Å²) in [7, 11) is 0. The Morgan fingerprint density at radius 3 is 2.59 bits per heavy atom. The maximum absolute atomic E-state index is 12.6. The Labute approximate surface area is 162 Å². The Bertz CT molecular complexity index is 983. The van der Waals surface area contributed by atoms with E-state index in [4.69, 9.17) is 11.6 Å². The second-order valence-electron chi connectivity index (χ2n) is 6.24. The molecule has 1 heterocycles. The van der Waals surface area contributed by atoms with Crippen molar-refractivity contribution in [1.82, 2.24) is 14.9 Å². The van der Waals surface area contributed by atoms with Gasteiger partial charge < -0.3 is 9.88 Å². The van der Waals surface area contributed by atoms with E-state index in [1.807, 2.05) is 28.8 Å². The van der Waals surface area contributed by atoms with E-state index in [-0.39, 0.29) is 5.91 Å². The highest BCUT2D eigenvalue weighted by Crippen LogP contribution is 2.20. The molecule has 0 aliphatic carbocycles. The fraction of sp³-hybridized carbons (Fsp3) is 0.250. The number of fused-ring (bicyclic) bond motifs is 1. The molecule has 1 atom stereocenters. The molecule has 0 radical (unpaired) electrons. The zero-order valence-corrected chi connectivity index (χ0v) is 16.0. The number of carbonyl (C=O) groups excluding carboxylic acids is 2. The van der Waals surface area contributed by atoms with Gasteiger partial charge in [-0.25, -0.2) is 4.98 Å². The second kappa shape index (κ2) is 8.22. The number of aromatic nitrogens is 2. The van der Waals surface area contributed by atoms with E-state index in [1.54, 1.807) is 31.2 Å². The highest BCUT2D eigenvalue weighted by molar-refractivity contribution is 6.33. The molecule has 3 aromatic rings. The SMILES string of the molecule is CCCn1c(NC(=O)[C@@H](C)NC(=O)c2ccccc2Cl)nc2ccccc21. The van der Waals surface area contributed by atoms with E-state index in [1.165, 1.54) is 0 Å². The lowest BCUT2D eigenvalue weighted by Gasteiger charge is -2.15. The highest BCUT2D eigenvalue weighted by Gasteiger charge is 2.20. The summed E-state index contributed by atoms with van der Waals surface area (Å²) >= 11 is 6.04. The number of halogens is 1. The minimum Gasteiger partial charge on any atom is -0.340 e. The normalized spacial score (nSPS) is 12.0. The Kier molecular flexibility index (Phi) is 5.76. The van der Waals surface area contributed by atoms with Gasteiger partial charge in [0.15, 0.2) is 0 Å². The van der Waals surface area contributed by atoms with Gasteiger partial charge in [0.05, 0.1) is 21.6 Å². The summed E-state index contributed by atoms with van der Waals surface area (Å²) < 4.78 is 1.97. The number of benzene rings is 2. The molecule has 3 rings (SSSR count). The lowest BCUT2D eigenvalue weighted by Crippen LogP contribution is -2.42. The summed E-state index contributed by atoms with van der Waals surface area (Å²) in [6.07, 6.45) is 0.905. The van der Waals surface area contributed by atoms with E-state index in [0.29, 0.717) is 16.5 Å². The summed E-state index contributed by atoms with van der Waals surface area (Å²) in [6, 6.07) is 13.7. The predicted octanol–water partition coefficient (Wildman–Crippen LogP) is 3.86. The highest BCUT2D eigenvalue weighted by atomic mass is 35.5. The van der Waals surface area contributed by atoms with Crippen LogP contribution in [0.25, 0.3) is 11.0 Å². The van der Waals surface area contributed by atoms with Crippen LogP contribution >= 0.6 is 11.6 Å². The summed E-state index contributed by atoms with van der Waals surface area (Å²) in [5.74, 6) is -0.268. The van der Waals surface area contributed by atoms with Crippen LogP contribution in [0, 0.1) is 0 Å². The molecule has 140 valence electrons. The summed E-state index contributed by atoms with van der Waals surface area (Å²) in [4.78, 5) is 29.4. The number of nitrogens with zero attached hydrogens (tertiary/aromatic N) is 2. The predicted molar refractivity (Wildman–Crippen MR) is 107 cm³/mol. The molecule has 0 aliphatic rings. The van der Waals surface area contributed by atoms with E-state index in [0.717, 1.165) is 24.0 Å². The maximum Gasteiger partial charge on any atom is 0.253 e. The van der Waals surface area contributed by atoms with Gasteiger partial charge in [0.2, 0.25) is 11.9 Å². The van der Waals surface area contributed by atoms with Gasteiger partial charge in [0.25, 0.3) is 5.91 Å². The van der Waals surface area contributed by atoms with Crippen LogP contribution in [0.4, 0.5) is 5.95 Å². The fourth-order valence-electron chi connectivity index (χ4n) is 2.82. The van der Waals surface area contributed by atoms with Crippen molar-refractivity contribution in [2.45, 2.75) is 32.9 Å². The molecule has 0 bridgehead atoms. The Morgan fingerprint density at radius 1 is 1.15 bits per heavy atom. The minimum atomic E-state index is -0.747. The molecule has 0 saturated heterocycles. The fourth-order valence-corrected chi connectivity index (χ4v) is 3.05. The number of carbonyl (C=O) groups is 2. The zero-order chi connectivity index (χ0) is 19.4. The van der Waals surface area contributed by atoms with E-state index in [2.05, 4.69) is 22.5 Å². The number of aryl methyl sites for hydroxylation is 1. The molecular formula is C20H21ClN4O2. The molecule has 0 fully saturated rings. The number of anilines is 1. The van der Waals surface area contributed by atoms with Crippen LogP contribution < -0.4 is 10.6 Å². The van der Waals surface area contributed by atoms with Gasteiger partial charge >= 0.3 is 0 Å². The molecule has 6 nitrogen and oxygen atoms in total.